The molecule has 0 aliphatic carbocycles. The second-order valence-electron chi connectivity index (χ2n) is 3.92. The Bertz CT molecular complexity index is 526. The Morgan fingerprint density at radius 3 is 2.72 bits per heavy atom. The summed E-state index contributed by atoms with van der Waals surface area (Å²) in [5.41, 5.74) is 6.88. The van der Waals surface area contributed by atoms with Gasteiger partial charge < -0.3 is 11.1 Å². The van der Waals surface area contributed by atoms with Crippen molar-refractivity contribution < 1.29 is 8.42 Å². The third kappa shape index (κ3) is 3.48. The molecule has 0 spiro atoms. The Labute approximate surface area is 108 Å². The number of nitrogens with one attached hydrogen (secondary N) is 2. The third-order valence-electron chi connectivity index (χ3n) is 2.41. The van der Waals surface area contributed by atoms with E-state index in [9.17, 15) is 8.42 Å². The van der Waals surface area contributed by atoms with Crippen molar-refractivity contribution in [1.82, 2.24) is 4.72 Å². The minimum Gasteiger partial charge on any atom is -0.397 e. The van der Waals surface area contributed by atoms with Crippen LogP contribution in [0.1, 0.15) is 13.8 Å². The zero-order chi connectivity index (χ0) is 13.8. The molecule has 0 saturated heterocycles. The summed E-state index contributed by atoms with van der Waals surface area (Å²) in [5.74, 6) is 0. The van der Waals surface area contributed by atoms with Gasteiger partial charge in [-0.25, -0.2) is 13.1 Å². The van der Waals surface area contributed by atoms with E-state index in [1.54, 1.807) is 19.1 Å². The molecule has 1 atom stereocenters. The van der Waals surface area contributed by atoms with Crippen LogP contribution in [0.25, 0.3) is 0 Å². The summed E-state index contributed by atoms with van der Waals surface area (Å²) in [6.07, 6.45) is 1.71. The van der Waals surface area contributed by atoms with Crippen molar-refractivity contribution in [2.24, 2.45) is 0 Å². The van der Waals surface area contributed by atoms with Crippen molar-refractivity contribution in [1.29, 1.82) is 0 Å². The van der Waals surface area contributed by atoms with Gasteiger partial charge in [0.25, 0.3) is 0 Å². The van der Waals surface area contributed by atoms with E-state index in [4.69, 9.17) is 5.73 Å². The summed E-state index contributed by atoms with van der Waals surface area (Å²) < 4.78 is 26.1. The number of benzene rings is 1. The first-order chi connectivity index (χ1) is 8.40. The highest BCUT2D eigenvalue weighted by atomic mass is 32.2. The molecule has 0 bridgehead atoms. The number of nitrogens with two attached hydrogens (primary N) is 1. The molecule has 100 valence electrons. The minimum absolute atomic E-state index is 0.00406. The molecule has 1 rings (SSSR count). The second kappa shape index (κ2) is 5.88. The van der Waals surface area contributed by atoms with E-state index in [1.807, 2.05) is 6.92 Å². The van der Waals surface area contributed by atoms with E-state index in [0.717, 1.165) is 0 Å². The zero-order valence-electron chi connectivity index (χ0n) is 10.6. The van der Waals surface area contributed by atoms with E-state index in [1.165, 1.54) is 12.1 Å². The van der Waals surface area contributed by atoms with Gasteiger partial charge in [-0.3, -0.25) is 0 Å². The summed E-state index contributed by atoms with van der Waals surface area (Å²) in [7, 11) is -3.46. The van der Waals surface area contributed by atoms with Crippen LogP contribution in [0.3, 0.4) is 0 Å². The van der Waals surface area contributed by atoms with Crippen LogP contribution < -0.4 is 15.8 Å². The van der Waals surface area contributed by atoms with Crippen molar-refractivity contribution in [2.45, 2.75) is 24.8 Å². The average Bonchev–Trinajstić information content (AvgIpc) is 2.31. The Hall–Kier alpha value is -1.53. The number of sulfonamides is 1. The molecule has 1 aromatic carbocycles. The molecule has 0 fully saturated rings. The standard InChI is InChI=1S/C12H19N3O2S/c1-4-9(3)15-12-8-10(6-7-11(12)13)18(16,17)14-5-2/h4,6-9,14-15H,1,5,13H2,2-3H3. The molecule has 5 nitrogen and oxygen atoms in total. The van der Waals surface area contributed by atoms with Gasteiger partial charge in [0.15, 0.2) is 0 Å². The molecule has 1 unspecified atom stereocenters. The molecule has 0 aliphatic heterocycles. The third-order valence-corrected chi connectivity index (χ3v) is 3.95. The van der Waals surface area contributed by atoms with Gasteiger partial charge in [0.1, 0.15) is 0 Å². The molecule has 1 aromatic rings. The fraction of sp³-hybridized carbons (Fsp3) is 0.333. The van der Waals surface area contributed by atoms with Crippen LogP contribution in [0.5, 0.6) is 0 Å². The number of nitrogen functional groups attached to an aromatic ring is 1. The maximum absolute atomic E-state index is 11.9. The lowest BCUT2D eigenvalue weighted by Gasteiger charge is -2.14. The molecule has 0 aliphatic rings. The van der Waals surface area contributed by atoms with Crippen molar-refractivity contribution in [3.63, 3.8) is 0 Å². The van der Waals surface area contributed by atoms with Crippen LogP contribution in [-0.2, 0) is 10.0 Å². The summed E-state index contributed by atoms with van der Waals surface area (Å²) in [5, 5.41) is 3.08. The smallest absolute Gasteiger partial charge is 0.240 e. The minimum atomic E-state index is -3.46. The van der Waals surface area contributed by atoms with Crippen LogP contribution in [0.2, 0.25) is 0 Å². The fourth-order valence-corrected chi connectivity index (χ4v) is 2.47. The van der Waals surface area contributed by atoms with E-state index in [0.29, 0.717) is 17.9 Å². The van der Waals surface area contributed by atoms with Gasteiger partial charge in [0, 0.05) is 12.6 Å². The van der Waals surface area contributed by atoms with Gasteiger partial charge in [0.05, 0.1) is 16.3 Å². The average molecular weight is 269 g/mol. The summed E-state index contributed by atoms with van der Waals surface area (Å²) in [6, 6.07) is 4.58. The second-order valence-corrected chi connectivity index (χ2v) is 5.69. The van der Waals surface area contributed by atoms with Gasteiger partial charge in [-0.2, -0.15) is 0 Å². The first-order valence-electron chi connectivity index (χ1n) is 5.69. The molecule has 0 radical (unpaired) electrons. The zero-order valence-corrected chi connectivity index (χ0v) is 11.4. The van der Waals surface area contributed by atoms with Gasteiger partial charge in [-0.15, -0.1) is 6.58 Å². The van der Waals surface area contributed by atoms with Crippen LogP contribution in [0, 0.1) is 0 Å². The van der Waals surface area contributed by atoms with Gasteiger partial charge in [-0.1, -0.05) is 13.0 Å². The maximum Gasteiger partial charge on any atom is 0.240 e. The lowest BCUT2D eigenvalue weighted by Crippen LogP contribution is -2.23. The number of anilines is 2. The molecule has 0 saturated carbocycles. The monoisotopic (exact) mass is 269 g/mol. The van der Waals surface area contributed by atoms with Crippen molar-refractivity contribution in [3.05, 3.63) is 30.9 Å². The Morgan fingerprint density at radius 2 is 2.17 bits per heavy atom. The van der Waals surface area contributed by atoms with E-state index >= 15 is 0 Å². The van der Waals surface area contributed by atoms with Crippen LogP contribution in [0.15, 0.2) is 35.7 Å². The summed E-state index contributed by atoms with van der Waals surface area (Å²) >= 11 is 0. The SMILES string of the molecule is C=CC(C)Nc1cc(S(=O)(=O)NCC)ccc1N. The van der Waals surface area contributed by atoms with E-state index in [2.05, 4.69) is 16.6 Å². The van der Waals surface area contributed by atoms with E-state index < -0.39 is 10.0 Å². The van der Waals surface area contributed by atoms with Crippen molar-refractivity contribution >= 4 is 21.4 Å². The Morgan fingerprint density at radius 1 is 1.50 bits per heavy atom. The Kier molecular flexibility index (Phi) is 4.75. The number of hydrogen-bond acceptors (Lipinski definition) is 4. The van der Waals surface area contributed by atoms with Crippen LogP contribution in [0.4, 0.5) is 11.4 Å². The first-order valence-corrected chi connectivity index (χ1v) is 7.17. The van der Waals surface area contributed by atoms with E-state index in [-0.39, 0.29) is 10.9 Å². The highest BCUT2D eigenvalue weighted by Crippen LogP contribution is 2.23. The summed E-state index contributed by atoms with van der Waals surface area (Å²) in [6.45, 7) is 7.63. The molecule has 4 N–H and O–H groups in total. The normalized spacial score (nSPS) is 13.0. The lowest BCUT2D eigenvalue weighted by molar-refractivity contribution is 0.584. The molecule has 0 heterocycles. The lowest BCUT2D eigenvalue weighted by atomic mass is 10.2. The molecule has 18 heavy (non-hydrogen) atoms. The molecule has 0 aromatic heterocycles. The molecule has 6 heteroatoms. The van der Waals surface area contributed by atoms with Gasteiger partial charge >= 0.3 is 0 Å². The largest absolute Gasteiger partial charge is 0.397 e. The summed E-state index contributed by atoms with van der Waals surface area (Å²) in [4.78, 5) is 0.192. The van der Waals surface area contributed by atoms with Crippen molar-refractivity contribution in [2.75, 3.05) is 17.6 Å². The fourth-order valence-electron chi connectivity index (χ4n) is 1.41. The quantitative estimate of drug-likeness (QED) is 0.540. The van der Waals surface area contributed by atoms with Crippen LogP contribution >= 0.6 is 0 Å². The van der Waals surface area contributed by atoms with Gasteiger partial charge in [-0.05, 0) is 25.1 Å². The predicted octanol–water partition coefficient (Wildman–Crippen LogP) is 1.55. The highest BCUT2D eigenvalue weighted by molar-refractivity contribution is 7.89. The molecule has 0 amide bonds. The highest BCUT2D eigenvalue weighted by Gasteiger charge is 2.14. The topological polar surface area (TPSA) is 84.2 Å². The number of rotatable bonds is 6. The maximum atomic E-state index is 11.9. The van der Waals surface area contributed by atoms with Gasteiger partial charge in [0.2, 0.25) is 10.0 Å². The molecular formula is C12H19N3O2S. The first kappa shape index (κ1) is 14.5. The van der Waals surface area contributed by atoms with Crippen molar-refractivity contribution in [3.8, 4) is 0 Å². The Balaban J connectivity index is 3.11. The molecular weight excluding hydrogens is 250 g/mol. The van der Waals surface area contributed by atoms with Crippen LogP contribution in [-0.4, -0.2) is 21.0 Å². The predicted molar refractivity (Wildman–Crippen MR) is 75.0 cm³/mol. The number of hydrogen-bond donors (Lipinski definition) is 3.